The zero-order chi connectivity index (χ0) is 10.2. The highest BCUT2D eigenvalue weighted by molar-refractivity contribution is 5.76. The molecule has 1 aliphatic heterocycles. The molecule has 1 atom stereocenters. The summed E-state index contributed by atoms with van der Waals surface area (Å²) in [5, 5.41) is 6.06. The van der Waals surface area contributed by atoms with Crippen LogP contribution in [0.3, 0.4) is 0 Å². The lowest BCUT2D eigenvalue weighted by atomic mass is 10.2. The van der Waals surface area contributed by atoms with Gasteiger partial charge in [0.15, 0.2) is 0 Å². The largest absolute Gasteiger partial charge is 0.378 e. The van der Waals surface area contributed by atoms with Crippen molar-refractivity contribution in [2.45, 2.75) is 18.9 Å². The summed E-state index contributed by atoms with van der Waals surface area (Å²) in [5.41, 5.74) is 0. The molecule has 0 aromatic carbocycles. The van der Waals surface area contributed by atoms with E-state index in [2.05, 4.69) is 16.6 Å². The Morgan fingerprint density at radius 3 is 3.21 bits per heavy atom. The van der Waals surface area contributed by atoms with Gasteiger partial charge in [-0.15, -0.1) is 12.3 Å². The number of amides is 1. The Hall–Kier alpha value is -1.05. The Morgan fingerprint density at radius 1 is 1.71 bits per heavy atom. The Kier molecular flexibility index (Phi) is 5.05. The molecule has 1 saturated heterocycles. The van der Waals surface area contributed by atoms with Crippen molar-refractivity contribution in [1.82, 2.24) is 10.6 Å². The molecule has 1 unspecified atom stereocenters. The first-order chi connectivity index (χ1) is 6.83. The molecule has 0 aromatic rings. The van der Waals surface area contributed by atoms with Crippen molar-refractivity contribution in [3.8, 4) is 12.3 Å². The van der Waals surface area contributed by atoms with E-state index in [4.69, 9.17) is 11.2 Å². The third kappa shape index (κ3) is 4.26. The van der Waals surface area contributed by atoms with Gasteiger partial charge >= 0.3 is 0 Å². The topological polar surface area (TPSA) is 50.4 Å². The molecule has 1 fully saturated rings. The lowest BCUT2D eigenvalue weighted by Gasteiger charge is -2.23. The van der Waals surface area contributed by atoms with Crippen molar-refractivity contribution in [2.24, 2.45) is 0 Å². The fourth-order valence-electron chi connectivity index (χ4n) is 1.26. The Labute approximate surface area is 84.4 Å². The van der Waals surface area contributed by atoms with Crippen LogP contribution in [-0.2, 0) is 9.53 Å². The van der Waals surface area contributed by atoms with E-state index in [-0.39, 0.29) is 11.9 Å². The number of ether oxygens (including phenoxy) is 1. The number of carbonyl (C=O) groups excluding carboxylic acids is 1. The maximum atomic E-state index is 11.2. The molecule has 0 aliphatic carbocycles. The minimum atomic E-state index is 0.00956. The summed E-state index contributed by atoms with van der Waals surface area (Å²) in [6.07, 6.45) is 5.96. The van der Waals surface area contributed by atoms with Gasteiger partial charge in [-0.1, -0.05) is 0 Å². The predicted molar refractivity (Wildman–Crippen MR) is 53.7 cm³/mol. The molecule has 4 heteroatoms. The highest BCUT2D eigenvalue weighted by Crippen LogP contribution is 1.92. The number of terminal acetylenes is 1. The first-order valence-corrected chi connectivity index (χ1v) is 4.84. The van der Waals surface area contributed by atoms with Gasteiger partial charge in [0, 0.05) is 32.0 Å². The highest BCUT2D eigenvalue weighted by atomic mass is 16.5. The van der Waals surface area contributed by atoms with Gasteiger partial charge in [0.1, 0.15) is 0 Å². The second-order valence-corrected chi connectivity index (χ2v) is 3.23. The molecule has 1 aliphatic rings. The summed E-state index contributed by atoms with van der Waals surface area (Å²) in [6.45, 7) is 2.88. The van der Waals surface area contributed by atoms with Crippen LogP contribution in [0.1, 0.15) is 12.8 Å². The standard InChI is InChI=1S/C10H16N2O2/c1-2-3-4-10(13)12-7-9-8-14-6-5-11-9/h1,9,11H,3-8H2,(H,12,13). The number of rotatable bonds is 4. The van der Waals surface area contributed by atoms with Crippen LogP contribution in [0.2, 0.25) is 0 Å². The fourth-order valence-corrected chi connectivity index (χ4v) is 1.26. The molecule has 0 radical (unpaired) electrons. The summed E-state index contributed by atoms with van der Waals surface area (Å²) in [5.74, 6) is 2.44. The normalized spacial score (nSPS) is 21.2. The van der Waals surface area contributed by atoms with E-state index in [1.54, 1.807) is 0 Å². The Bertz CT molecular complexity index is 217. The predicted octanol–water partition coefficient (Wildman–Crippen LogP) is -0.496. The SMILES string of the molecule is C#CCCC(=O)NCC1COCCN1. The highest BCUT2D eigenvalue weighted by Gasteiger charge is 2.13. The summed E-state index contributed by atoms with van der Waals surface area (Å²) in [7, 11) is 0. The smallest absolute Gasteiger partial charge is 0.221 e. The van der Waals surface area contributed by atoms with E-state index in [1.807, 2.05) is 0 Å². The average molecular weight is 196 g/mol. The van der Waals surface area contributed by atoms with Crippen molar-refractivity contribution >= 4 is 5.91 Å². The third-order valence-electron chi connectivity index (χ3n) is 2.04. The van der Waals surface area contributed by atoms with Crippen LogP contribution in [0, 0.1) is 12.3 Å². The lowest BCUT2D eigenvalue weighted by molar-refractivity contribution is -0.121. The Morgan fingerprint density at radius 2 is 2.57 bits per heavy atom. The maximum Gasteiger partial charge on any atom is 0.221 e. The molecule has 1 amide bonds. The van der Waals surface area contributed by atoms with E-state index < -0.39 is 0 Å². The van der Waals surface area contributed by atoms with E-state index >= 15 is 0 Å². The van der Waals surface area contributed by atoms with Gasteiger partial charge in [-0.2, -0.15) is 0 Å². The van der Waals surface area contributed by atoms with Crippen molar-refractivity contribution < 1.29 is 9.53 Å². The number of hydrogen-bond acceptors (Lipinski definition) is 3. The van der Waals surface area contributed by atoms with E-state index in [1.165, 1.54) is 0 Å². The molecule has 4 nitrogen and oxygen atoms in total. The zero-order valence-corrected chi connectivity index (χ0v) is 8.21. The van der Waals surface area contributed by atoms with E-state index in [0.29, 0.717) is 26.0 Å². The van der Waals surface area contributed by atoms with Crippen molar-refractivity contribution in [1.29, 1.82) is 0 Å². The second kappa shape index (κ2) is 6.41. The van der Waals surface area contributed by atoms with E-state index in [9.17, 15) is 4.79 Å². The summed E-state index contributed by atoms with van der Waals surface area (Å²) < 4.78 is 5.25. The molecular formula is C10H16N2O2. The van der Waals surface area contributed by atoms with Crippen LogP contribution in [0.4, 0.5) is 0 Å². The van der Waals surface area contributed by atoms with Crippen molar-refractivity contribution in [2.75, 3.05) is 26.3 Å². The Balaban J connectivity index is 2.07. The van der Waals surface area contributed by atoms with Crippen LogP contribution in [0.5, 0.6) is 0 Å². The first-order valence-electron chi connectivity index (χ1n) is 4.84. The second-order valence-electron chi connectivity index (χ2n) is 3.23. The maximum absolute atomic E-state index is 11.2. The number of hydrogen-bond donors (Lipinski definition) is 2. The van der Waals surface area contributed by atoms with Gasteiger partial charge in [-0.05, 0) is 0 Å². The monoisotopic (exact) mass is 196 g/mol. The minimum Gasteiger partial charge on any atom is -0.378 e. The van der Waals surface area contributed by atoms with Crippen LogP contribution in [0.15, 0.2) is 0 Å². The molecule has 1 heterocycles. The quantitative estimate of drug-likeness (QED) is 0.596. The van der Waals surface area contributed by atoms with Gasteiger partial charge in [-0.3, -0.25) is 4.79 Å². The molecule has 0 aromatic heterocycles. The molecule has 14 heavy (non-hydrogen) atoms. The van der Waals surface area contributed by atoms with Crippen molar-refractivity contribution in [3.63, 3.8) is 0 Å². The molecule has 0 spiro atoms. The molecule has 78 valence electrons. The van der Waals surface area contributed by atoms with Gasteiger partial charge in [0.25, 0.3) is 0 Å². The number of nitrogens with one attached hydrogen (secondary N) is 2. The van der Waals surface area contributed by atoms with Crippen LogP contribution < -0.4 is 10.6 Å². The van der Waals surface area contributed by atoms with Crippen LogP contribution >= 0.6 is 0 Å². The molecule has 2 N–H and O–H groups in total. The third-order valence-corrected chi connectivity index (χ3v) is 2.04. The van der Waals surface area contributed by atoms with Gasteiger partial charge < -0.3 is 15.4 Å². The molecule has 0 bridgehead atoms. The average Bonchev–Trinajstić information content (AvgIpc) is 2.25. The molecule has 1 rings (SSSR count). The summed E-state index contributed by atoms with van der Waals surface area (Å²) in [6, 6.07) is 0.235. The number of carbonyl (C=O) groups is 1. The number of morpholine rings is 1. The van der Waals surface area contributed by atoms with Crippen LogP contribution in [0.25, 0.3) is 0 Å². The van der Waals surface area contributed by atoms with Crippen molar-refractivity contribution in [3.05, 3.63) is 0 Å². The lowest BCUT2D eigenvalue weighted by Crippen LogP contribution is -2.48. The van der Waals surface area contributed by atoms with Gasteiger partial charge in [-0.25, -0.2) is 0 Å². The molecule has 0 saturated carbocycles. The van der Waals surface area contributed by atoms with Gasteiger partial charge in [0.2, 0.25) is 5.91 Å². The fraction of sp³-hybridized carbons (Fsp3) is 0.700. The van der Waals surface area contributed by atoms with E-state index in [0.717, 1.165) is 13.2 Å². The molecular weight excluding hydrogens is 180 g/mol. The van der Waals surface area contributed by atoms with Crippen LogP contribution in [-0.4, -0.2) is 38.3 Å². The minimum absolute atomic E-state index is 0.00956. The summed E-state index contributed by atoms with van der Waals surface area (Å²) >= 11 is 0. The van der Waals surface area contributed by atoms with Gasteiger partial charge in [0.05, 0.1) is 13.2 Å². The first kappa shape index (κ1) is 11.0. The summed E-state index contributed by atoms with van der Waals surface area (Å²) in [4.78, 5) is 11.2. The zero-order valence-electron chi connectivity index (χ0n) is 8.21.